The Bertz CT molecular complexity index is 303. The van der Waals surface area contributed by atoms with E-state index in [4.69, 9.17) is 4.74 Å². The molecule has 0 spiro atoms. The predicted octanol–water partition coefficient (Wildman–Crippen LogP) is 1.75. The first kappa shape index (κ1) is 15.6. The van der Waals surface area contributed by atoms with E-state index in [1.807, 2.05) is 4.90 Å². The lowest BCUT2D eigenvalue weighted by Gasteiger charge is -2.36. The zero-order valence-electron chi connectivity index (χ0n) is 12.5. The molecule has 2 fully saturated rings. The molecule has 0 bridgehead atoms. The van der Waals surface area contributed by atoms with E-state index in [-0.39, 0.29) is 12.1 Å². The van der Waals surface area contributed by atoms with Crippen molar-refractivity contribution in [2.75, 3.05) is 26.3 Å². The Balaban J connectivity index is 1.73. The number of ether oxygens (including phenoxy) is 1. The van der Waals surface area contributed by atoms with E-state index in [2.05, 4.69) is 5.32 Å². The highest BCUT2D eigenvalue weighted by Crippen LogP contribution is 2.26. The summed E-state index contributed by atoms with van der Waals surface area (Å²) in [4.78, 5) is 14.1. The van der Waals surface area contributed by atoms with Crippen LogP contribution >= 0.6 is 0 Å². The monoisotopic (exact) mass is 284 g/mol. The van der Waals surface area contributed by atoms with E-state index in [9.17, 15) is 9.90 Å². The number of nitrogens with one attached hydrogen (secondary N) is 1. The summed E-state index contributed by atoms with van der Waals surface area (Å²) < 4.78 is 5.42. The second kappa shape index (κ2) is 7.84. The standard InChI is InChI=1S/C15H28N2O3/c1-12(18)10-14-11-20-9-8-17(14)15(19)16-7-6-13-4-2-3-5-13/h12-14,18H,2-11H2,1H3,(H,16,19)/t12-,14-/m0/s1. The molecule has 20 heavy (non-hydrogen) atoms. The number of carbonyl (C=O) groups excluding carboxylic acids is 1. The van der Waals surface area contributed by atoms with Crippen molar-refractivity contribution in [1.82, 2.24) is 10.2 Å². The van der Waals surface area contributed by atoms with Gasteiger partial charge in [-0.1, -0.05) is 25.7 Å². The number of nitrogens with zero attached hydrogens (tertiary/aromatic N) is 1. The number of amides is 2. The number of rotatable bonds is 5. The van der Waals surface area contributed by atoms with Crippen molar-refractivity contribution >= 4 is 6.03 Å². The maximum atomic E-state index is 12.2. The van der Waals surface area contributed by atoms with E-state index in [1.165, 1.54) is 25.7 Å². The lowest BCUT2D eigenvalue weighted by atomic mass is 10.0. The molecule has 1 aliphatic carbocycles. The molecule has 2 amide bonds. The Kier molecular flexibility index (Phi) is 6.10. The SMILES string of the molecule is C[C@H](O)C[C@H]1COCCN1C(=O)NCCC1CCCC1. The van der Waals surface area contributed by atoms with E-state index in [0.717, 1.165) is 18.9 Å². The van der Waals surface area contributed by atoms with Gasteiger partial charge in [-0.25, -0.2) is 4.79 Å². The fourth-order valence-electron chi connectivity index (χ4n) is 3.30. The number of morpholine rings is 1. The van der Waals surface area contributed by atoms with Gasteiger partial charge in [-0.3, -0.25) is 0 Å². The molecule has 116 valence electrons. The minimum Gasteiger partial charge on any atom is -0.393 e. The summed E-state index contributed by atoms with van der Waals surface area (Å²) in [5.74, 6) is 0.799. The van der Waals surface area contributed by atoms with Gasteiger partial charge in [0.15, 0.2) is 0 Å². The molecule has 1 saturated carbocycles. The maximum absolute atomic E-state index is 12.2. The first-order valence-corrected chi connectivity index (χ1v) is 7.97. The molecule has 5 nitrogen and oxygen atoms in total. The van der Waals surface area contributed by atoms with Gasteiger partial charge < -0.3 is 20.1 Å². The molecule has 1 aliphatic heterocycles. The molecular formula is C15H28N2O3. The third kappa shape index (κ3) is 4.63. The summed E-state index contributed by atoms with van der Waals surface area (Å²) in [6.07, 6.45) is 6.59. The molecule has 0 aromatic carbocycles. The molecule has 0 radical (unpaired) electrons. The average Bonchev–Trinajstić information content (AvgIpc) is 2.91. The number of aliphatic hydroxyl groups excluding tert-OH is 1. The van der Waals surface area contributed by atoms with Gasteiger partial charge in [0, 0.05) is 13.1 Å². The van der Waals surface area contributed by atoms with Gasteiger partial charge in [0.1, 0.15) is 0 Å². The van der Waals surface area contributed by atoms with Crippen molar-refractivity contribution in [3.05, 3.63) is 0 Å². The highest BCUT2D eigenvalue weighted by atomic mass is 16.5. The summed E-state index contributed by atoms with van der Waals surface area (Å²) in [5, 5.41) is 12.5. The molecule has 2 rings (SSSR count). The zero-order valence-corrected chi connectivity index (χ0v) is 12.5. The second-order valence-corrected chi connectivity index (χ2v) is 6.18. The van der Waals surface area contributed by atoms with Crippen molar-refractivity contribution in [1.29, 1.82) is 0 Å². The molecule has 0 unspecified atom stereocenters. The maximum Gasteiger partial charge on any atom is 0.317 e. The van der Waals surface area contributed by atoms with Crippen LogP contribution < -0.4 is 5.32 Å². The van der Waals surface area contributed by atoms with Crippen LogP contribution in [0.5, 0.6) is 0 Å². The molecule has 0 aromatic rings. The van der Waals surface area contributed by atoms with Crippen molar-refractivity contribution < 1.29 is 14.6 Å². The first-order valence-electron chi connectivity index (χ1n) is 7.97. The largest absolute Gasteiger partial charge is 0.393 e. The molecule has 2 N–H and O–H groups in total. The number of carbonyl (C=O) groups is 1. The Morgan fingerprint density at radius 1 is 1.45 bits per heavy atom. The van der Waals surface area contributed by atoms with E-state index < -0.39 is 6.10 Å². The summed E-state index contributed by atoms with van der Waals surface area (Å²) in [7, 11) is 0. The topological polar surface area (TPSA) is 61.8 Å². The van der Waals surface area contributed by atoms with E-state index in [0.29, 0.717) is 26.2 Å². The summed E-state index contributed by atoms with van der Waals surface area (Å²) >= 11 is 0. The Hall–Kier alpha value is -0.810. The van der Waals surface area contributed by atoms with Crippen LogP contribution in [0.2, 0.25) is 0 Å². The number of hydrogen-bond donors (Lipinski definition) is 2. The highest BCUT2D eigenvalue weighted by Gasteiger charge is 2.28. The van der Waals surface area contributed by atoms with E-state index in [1.54, 1.807) is 6.92 Å². The zero-order chi connectivity index (χ0) is 14.4. The van der Waals surface area contributed by atoms with Crippen LogP contribution in [0.1, 0.15) is 45.4 Å². The van der Waals surface area contributed by atoms with Crippen LogP contribution in [0.3, 0.4) is 0 Å². The van der Waals surface area contributed by atoms with E-state index >= 15 is 0 Å². The fourth-order valence-corrected chi connectivity index (χ4v) is 3.30. The minimum atomic E-state index is -0.407. The van der Waals surface area contributed by atoms with Gasteiger partial charge in [0.25, 0.3) is 0 Å². The van der Waals surface area contributed by atoms with Crippen LogP contribution in [-0.2, 0) is 4.74 Å². The Morgan fingerprint density at radius 2 is 2.20 bits per heavy atom. The number of urea groups is 1. The number of aliphatic hydroxyl groups is 1. The summed E-state index contributed by atoms with van der Waals surface area (Å²) in [6, 6.07) is -0.00724. The fraction of sp³-hybridized carbons (Fsp3) is 0.933. The van der Waals surface area contributed by atoms with Gasteiger partial charge in [0.05, 0.1) is 25.4 Å². The van der Waals surface area contributed by atoms with Crippen LogP contribution in [0.15, 0.2) is 0 Å². The first-order chi connectivity index (χ1) is 9.66. The highest BCUT2D eigenvalue weighted by molar-refractivity contribution is 5.74. The van der Waals surface area contributed by atoms with Crippen molar-refractivity contribution in [3.63, 3.8) is 0 Å². The smallest absolute Gasteiger partial charge is 0.317 e. The van der Waals surface area contributed by atoms with Crippen molar-refractivity contribution in [3.8, 4) is 0 Å². The molecule has 1 heterocycles. The Labute approximate surface area is 121 Å². The lowest BCUT2D eigenvalue weighted by molar-refractivity contribution is -0.00432. The van der Waals surface area contributed by atoms with Crippen molar-refractivity contribution in [2.45, 2.75) is 57.6 Å². The predicted molar refractivity (Wildman–Crippen MR) is 77.6 cm³/mol. The molecule has 2 atom stereocenters. The minimum absolute atomic E-state index is 0.00283. The third-order valence-corrected chi connectivity index (χ3v) is 4.41. The summed E-state index contributed by atoms with van der Waals surface area (Å²) in [6.45, 7) is 4.26. The Morgan fingerprint density at radius 3 is 2.90 bits per heavy atom. The third-order valence-electron chi connectivity index (χ3n) is 4.41. The normalized spacial score (nSPS) is 25.7. The molecule has 2 aliphatic rings. The lowest BCUT2D eigenvalue weighted by Crippen LogP contribution is -2.53. The molecule has 1 saturated heterocycles. The number of hydrogen-bond acceptors (Lipinski definition) is 3. The van der Waals surface area contributed by atoms with Gasteiger partial charge in [-0.2, -0.15) is 0 Å². The second-order valence-electron chi connectivity index (χ2n) is 6.18. The van der Waals surface area contributed by atoms with Crippen LogP contribution in [-0.4, -0.2) is 54.5 Å². The van der Waals surface area contributed by atoms with Crippen LogP contribution in [0.4, 0.5) is 4.79 Å². The summed E-state index contributed by atoms with van der Waals surface area (Å²) in [5.41, 5.74) is 0. The van der Waals surface area contributed by atoms with Gasteiger partial charge in [0.2, 0.25) is 0 Å². The molecule has 0 aromatic heterocycles. The average molecular weight is 284 g/mol. The van der Waals surface area contributed by atoms with Crippen molar-refractivity contribution in [2.24, 2.45) is 5.92 Å². The van der Waals surface area contributed by atoms with Crippen LogP contribution in [0, 0.1) is 5.92 Å². The van der Waals surface area contributed by atoms with Gasteiger partial charge in [-0.05, 0) is 25.7 Å². The van der Waals surface area contributed by atoms with Gasteiger partial charge in [-0.15, -0.1) is 0 Å². The molecular weight excluding hydrogens is 256 g/mol. The van der Waals surface area contributed by atoms with Crippen LogP contribution in [0.25, 0.3) is 0 Å². The molecule has 5 heteroatoms. The van der Waals surface area contributed by atoms with Gasteiger partial charge >= 0.3 is 6.03 Å². The quantitative estimate of drug-likeness (QED) is 0.808.